The van der Waals surface area contributed by atoms with Gasteiger partial charge in [-0.25, -0.2) is 9.59 Å². The van der Waals surface area contributed by atoms with Crippen LogP contribution in [0.3, 0.4) is 0 Å². The standard InChI is InChI=1S/C21H19NO6/c1-13-6-7-15-14(11-19(23)28-18(15)10-13)12-27-21(25)16-4-2-8-22(16)20(24)17-5-3-9-26-17/h3,5-7,9-11,16H,2,4,8,12H2,1H3/t16-/m0/s1. The van der Waals surface area contributed by atoms with E-state index in [4.69, 9.17) is 13.6 Å². The summed E-state index contributed by atoms with van der Waals surface area (Å²) >= 11 is 0. The van der Waals surface area contributed by atoms with Crippen LogP contribution in [0.25, 0.3) is 11.0 Å². The molecule has 0 N–H and O–H groups in total. The zero-order chi connectivity index (χ0) is 19.7. The van der Waals surface area contributed by atoms with Crippen molar-refractivity contribution in [3.63, 3.8) is 0 Å². The Bertz CT molecular complexity index is 1080. The van der Waals surface area contributed by atoms with Gasteiger partial charge in [-0.2, -0.15) is 0 Å². The summed E-state index contributed by atoms with van der Waals surface area (Å²) in [6.45, 7) is 2.30. The topological polar surface area (TPSA) is 90.0 Å². The molecule has 1 aromatic carbocycles. The number of carbonyl (C=O) groups excluding carboxylic acids is 2. The van der Waals surface area contributed by atoms with Gasteiger partial charge in [0.2, 0.25) is 0 Å². The second kappa shape index (κ2) is 7.34. The van der Waals surface area contributed by atoms with Gasteiger partial charge in [0.15, 0.2) is 5.76 Å². The average molecular weight is 381 g/mol. The molecule has 7 nitrogen and oxygen atoms in total. The molecule has 1 amide bonds. The first kappa shape index (κ1) is 18.0. The van der Waals surface area contributed by atoms with Crippen molar-refractivity contribution in [1.82, 2.24) is 4.90 Å². The maximum atomic E-state index is 12.6. The number of esters is 1. The molecule has 3 heterocycles. The van der Waals surface area contributed by atoms with Crippen LogP contribution in [0.1, 0.15) is 34.5 Å². The third kappa shape index (κ3) is 3.43. The largest absolute Gasteiger partial charge is 0.459 e. The van der Waals surface area contributed by atoms with Gasteiger partial charge in [-0.1, -0.05) is 12.1 Å². The zero-order valence-corrected chi connectivity index (χ0v) is 15.3. The molecule has 1 aliphatic rings. The highest BCUT2D eigenvalue weighted by Gasteiger charge is 2.36. The van der Waals surface area contributed by atoms with Crippen LogP contribution in [0.5, 0.6) is 0 Å². The summed E-state index contributed by atoms with van der Waals surface area (Å²) in [7, 11) is 0. The number of furan rings is 1. The highest BCUT2D eigenvalue weighted by Crippen LogP contribution is 2.23. The number of fused-ring (bicyclic) bond motifs is 1. The zero-order valence-electron chi connectivity index (χ0n) is 15.3. The molecule has 3 aromatic rings. The molecule has 0 radical (unpaired) electrons. The fraction of sp³-hybridized carbons (Fsp3) is 0.286. The van der Waals surface area contributed by atoms with Gasteiger partial charge < -0.3 is 18.5 Å². The van der Waals surface area contributed by atoms with Crippen LogP contribution >= 0.6 is 0 Å². The van der Waals surface area contributed by atoms with Crippen LogP contribution < -0.4 is 5.63 Å². The first-order valence-corrected chi connectivity index (χ1v) is 9.07. The smallest absolute Gasteiger partial charge is 0.336 e. The van der Waals surface area contributed by atoms with Crippen molar-refractivity contribution in [2.45, 2.75) is 32.4 Å². The number of nitrogens with zero attached hydrogens (tertiary/aromatic N) is 1. The molecule has 2 aromatic heterocycles. The molecule has 0 bridgehead atoms. The van der Waals surface area contributed by atoms with E-state index < -0.39 is 17.6 Å². The minimum atomic E-state index is -0.661. The number of hydrogen-bond acceptors (Lipinski definition) is 6. The maximum absolute atomic E-state index is 12.6. The lowest BCUT2D eigenvalue weighted by Gasteiger charge is -2.22. The van der Waals surface area contributed by atoms with Crippen molar-refractivity contribution in [1.29, 1.82) is 0 Å². The highest BCUT2D eigenvalue weighted by atomic mass is 16.5. The lowest BCUT2D eigenvalue weighted by molar-refractivity contribution is -0.149. The van der Waals surface area contributed by atoms with E-state index in [1.54, 1.807) is 18.2 Å². The lowest BCUT2D eigenvalue weighted by atomic mass is 10.1. The fourth-order valence-corrected chi connectivity index (χ4v) is 3.50. The molecule has 144 valence electrons. The molecule has 1 fully saturated rings. The van der Waals surface area contributed by atoms with Gasteiger partial charge in [0, 0.05) is 23.6 Å². The molecule has 7 heteroatoms. The van der Waals surface area contributed by atoms with Gasteiger partial charge in [0.1, 0.15) is 18.2 Å². The Morgan fingerprint density at radius 1 is 1.25 bits per heavy atom. The molecule has 0 unspecified atom stereocenters. The summed E-state index contributed by atoms with van der Waals surface area (Å²) in [6, 6.07) is 9.36. The third-order valence-corrected chi connectivity index (χ3v) is 4.87. The molecule has 1 aliphatic heterocycles. The van der Waals surface area contributed by atoms with Crippen molar-refractivity contribution in [3.05, 3.63) is 70.0 Å². The van der Waals surface area contributed by atoms with Gasteiger partial charge in [0.25, 0.3) is 5.91 Å². The van der Waals surface area contributed by atoms with Crippen LogP contribution in [0, 0.1) is 6.92 Å². The predicted molar refractivity (Wildman–Crippen MR) is 99.8 cm³/mol. The Morgan fingerprint density at radius 3 is 2.89 bits per heavy atom. The van der Waals surface area contributed by atoms with Gasteiger partial charge in [0.05, 0.1) is 6.26 Å². The first-order chi connectivity index (χ1) is 13.5. The Balaban J connectivity index is 1.51. The normalized spacial score (nSPS) is 16.5. The van der Waals surface area contributed by atoms with E-state index in [0.717, 1.165) is 5.56 Å². The minimum Gasteiger partial charge on any atom is -0.459 e. The molecular formula is C21H19NO6. The highest BCUT2D eigenvalue weighted by molar-refractivity contribution is 5.95. The lowest BCUT2D eigenvalue weighted by Crippen LogP contribution is -2.41. The van der Waals surface area contributed by atoms with E-state index in [0.29, 0.717) is 35.9 Å². The van der Waals surface area contributed by atoms with Crippen LogP contribution in [-0.2, 0) is 16.1 Å². The number of rotatable bonds is 4. The van der Waals surface area contributed by atoms with Gasteiger partial charge in [-0.15, -0.1) is 0 Å². The number of hydrogen-bond donors (Lipinski definition) is 0. The first-order valence-electron chi connectivity index (χ1n) is 9.07. The second-order valence-electron chi connectivity index (χ2n) is 6.83. The average Bonchev–Trinajstić information content (AvgIpc) is 3.36. The molecule has 0 aliphatic carbocycles. The minimum absolute atomic E-state index is 0.0662. The van der Waals surface area contributed by atoms with Crippen molar-refractivity contribution in [2.75, 3.05) is 6.54 Å². The van der Waals surface area contributed by atoms with E-state index >= 15 is 0 Å². The molecule has 1 saturated heterocycles. The summed E-state index contributed by atoms with van der Waals surface area (Å²) in [5.74, 6) is -0.627. The summed E-state index contributed by atoms with van der Waals surface area (Å²) in [5.41, 5.74) is 1.48. The van der Waals surface area contributed by atoms with Gasteiger partial charge in [-0.05, 0) is 43.5 Å². The summed E-state index contributed by atoms with van der Waals surface area (Å²) < 4.78 is 15.8. The molecule has 1 atom stereocenters. The molecule has 0 spiro atoms. The number of likely N-dealkylation sites (tertiary alicyclic amines) is 1. The third-order valence-electron chi connectivity index (χ3n) is 4.87. The number of benzene rings is 1. The Morgan fingerprint density at radius 2 is 2.11 bits per heavy atom. The van der Waals surface area contributed by atoms with Crippen molar-refractivity contribution in [3.8, 4) is 0 Å². The molecule has 28 heavy (non-hydrogen) atoms. The van der Waals surface area contributed by atoms with Crippen molar-refractivity contribution < 1.29 is 23.2 Å². The van der Waals surface area contributed by atoms with E-state index in [-0.39, 0.29) is 18.3 Å². The fourth-order valence-electron chi connectivity index (χ4n) is 3.50. The molecule has 0 saturated carbocycles. The monoisotopic (exact) mass is 381 g/mol. The van der Waals surface area contributed by atoms with Crippen LogP contribution in [-0.4, -0.2) is 29.4 Å². The van der Waals surface area contributed by atoms with Crippen LogP contribution in [0.4, 0.5) is 0 Å². The summed E-state index contributed by atoms with van der Waals surface area (Å²) in [4.78, 5) is 38.4. The van der Waals surface area contributed by atoms with Crippen LogP contribution in [0.15, 0.2) is 56.3 Å². The summed E-state index contributed by atoms with van der Waals surface area (Å²) in [5, 5.41) is 0.716. The van der Waals surface area contributed by atoms with E-state index in [1.165, 1.54) is 17.2 Å². The Labute approximate surface area is 160 Å². The van der Waals surface area contributed by atoms with Crippen molar-refractivity contribution in [2.24, 2.45) is 0 Å². The van der Waals surface area contributed by atoms with E-state index in [9.17, 15) is 14.4 Å². The summed E-state index contributed by atoms with van der Waals surface area (Å²) in [6.07, 6.45) is 2.66. The van der Waals surface area contributed by atoms with Crippen molar-refractivity contribution >= 4 is 22.8 Å². The second-order valence-corrected chi connectivity index (χ2v) is 6.83. The molecular weight excluding hydrogens is 362 g/mol. The number of amides is 1. The van der Waals surface area contributed by atoms with E-state index in [1.807, 2.05) is 19.1 Å². The van der Waals surface area contributed by atoms with Gasteiger partial charge >= 0.3 is 11.6 Å². The Hall–Kier alpha value is -3.35. The predicted octanol–water partition coefficient (Wildman–Crippen LogP) is 3.04. The van der Waals surface area contributed by atoms with Gasteiger partial charge in [-0.3, -0.25) is 4.79 Å². The SMILES string of the molecule is Cc1ccc2c(COC(=O)[C@@H]3CCCN3C(=O)c3ccco3)cc(=O)oc2c1. The quantitative estimate of drug-likeness (QED) is 0.510. The number of ether oxygens (including phenoxy) is 1. The maximum Gasteiger partial charge on any atom is 0.336 e. The Kier molecular flexibility index (Phi) is 4.73. The van der Waals surface area contributed by atoms with E-state index in [2.05, 4.69) is 0 Å². The molecule has 4 rings (SSSR count). The number of aryl methyl sites for hydroxylation is 1. The van der Waals surface area contributed by atoms with Crippen LogP contribution in [0.2, 0.25) is 0 Å². The number of carbonyl (C=O) groups is 2.